The van der Waals surface area contributed by atoms with Crippen LogP contribution in [0.5, 0.6) is 0 Å². The van der Waals surface area contributed by atoms with Crippen molar-refractivity contribution in [1.82, 2.24) is 5.32 Å². The summed E-state index contributed by atoms with van der Waals surface area (Å²) in [5, 5.41) is 21.1. The first-order valence-electron chi connectivity index (χ1n) is 6.89. The molecule has 8 heteroatoms. The van der Waals surface area contributed by atoms with Crippen LogP contribution in [0.4, 0.5) is 0 Å². The van der Waals surface area contributed by atoms with Gasteiger partial charge in [0.1, 0.15) is 12.1 Å². The van der Waals surface area contributed by atoms with Gasteiger partial charge in [-0.1, -0.05) is 30.3 Å². The fourth-order valence-corrected chi connectivity index (χ4v) is 1.87. The number of amides is 1. The number of rotatable bonds is 9. The summed E-state index contributed by atoms with van der Waals surface area (Å²) in [6, 6.07) is 7.46. The van der Waals surface area contributed by atoms with Crippen molar-refractivity contribution in [2.45, 2.75) is 31.4 Å². The second-order valence-corrected chi connectivity index (χ2v) is 4.85. The molecular formula is C15H17N3O5. The number of benzene rings is 1. The number of aliphatic carboxylic acids is 1. The molecular weight excluding hydrogens is 302 g/mol. The predicted molar refractivity (Wildman–Crippen MR) is 79.6 cm³/mol. The number of carboxylic acids is 1. The predicted octanol–water partition coefficient (Wildman–Crippen LogP) is -0.191. The number of carbonyl (C=O) groups excluding carboxylic acids is 2. The van der Waals surface area contributed by atoms with Gasteiger partial charge in [0, 0.05) is 12.8 Å². The van der Waals surface area contributed by atoms with Crippen LogP contribution in [0.2, 0.25) is 0 Å². The average molecular weight is 319 g/mol. The smallest absolute Gasteiger partial charge is 0.326 e. The van der Waals surface area contributed by atoms with Crippen molar-refractivity contribution in [3.8, 4) is 0 Å². The van der Waals surface area contributed by atoms with E-state index in [1.807, 2.05) is 0 Å². The summed E-state index contributed by atoms with van der Waals surface area (Å²) in [6.07, 6.45) is -1.07. The molecule has 2 atom stereocenters. The molecule has 3 N–H and O–H groups in total. The topological polar surface area (TPSA) is 140 Å². The highest BCUT2D eigenvalue weighted by Gasteiger charge is 2.24. The summed E-state index contributed by atoms with van der Waals surface area (Å²) in [7, 11) is 0. The Hall–Kier alpha value is -2.83. The minimum Gasteiger partial charge on any atom is -0.480 e. The molecule has 0 saturated carbocycles. The maximum Gasteiger partial charge on any atom is 0.326 e. The summed E-state index contributed by atoms with van der Waals surface area (Å²) in [5.41, 5.74) is 8.93. The molecule has 1 aromatic carbocycles. The van der Waals surface area contributed by atoms with E-state index in [0.29, 0.717) is 6.21 Å². The summed E-state index contributed by atoms with van der Waals surface area (Å²) in [4.78, 5) is 36.7. The number of carbonyl (C=O) groups is 3. The monoisotopic (exact) mass is 319 g/mol. The van der Waals surface area contributed by atoms with Gasteiger partial charge in [-0.2, -0.15) is 4.79 Å². The summed E-state index contributed by atoms with van der Waals surface area (Å²) >= 11 is 0. The lowest BCUT2D eigenvalue weighted by atomic mass is 10.1. The Kier molecular flexibility index (Phi) is 7.32. The standard InChI is InChI=1S/C15H17N3O5/c16-17-9-11(19)6-7-12(15(22)23)18-14(21)13(20)8-10-4-2-1-3-5-10/h1-5,9,12-13,20H,6-8H2,(H,18,21)(H,22,23). The minimum atomic E-state index is -1.39. The Bertz CT molecular complexity index is 611. The molecule has 23 heavy (non-hydrogen) atoms. The van der Waals surface area contributed by atoms with Crippen LogP contribution in [0, 0.1) is 0 Å². The Morgan fingerprint density at radius 1 is 1.26 bits per heavy atom. The van der Waals surface area contributed by atoms with Gasteiger partial charge < -0.3 is 21.1 Å². The lowest BCUT2D eigenvalue weighted by molar-refractivity contribution is -0.143. The van der Waals surface area contributed by atoms with Crippen LogP contribution in [0.25, 0.3) is 5.53 Å². The highest BCUT2D eigenvalue weighted by Crippen LogP contribution is 2.05. The molecule has 2 unspecified atom stereocenters. The number of Topliss-reactive ketones (excluding diaryl/α,β-unsaturated/α-hetero) is 1. The quantitative estimate of drug-likeness (QED) is 0.329. The van der Waals surface area contributed by atoms with Gasteiger partial charge >= 0.3 is 12.2 Å². The number of ketones is 1. The number of hydrogen-bond acceptors (Lipinski definition) is 4. The number of aliphatic hydroxyl groups excluding tert-OH is 1. The second kappa shape index (κ2) is 9.24. The van der Waals surface area contributed by atoms with E-state index < -0.39 is 29.8 Å². The molecule has 0 aliphatic heterocycles. The highest BCUT2D eigenvalue weighted by atomic mass is 16.4. The molecule has 8 nitrogen and oxygen atoms in total. The van der Waals surface area contributed by atoms with E-state index in [1.54, 1.807) is 30.3 Å². The van der Waals surface area contributed by atoms with Crippen molar-refractivity contribution in [2.75, 3.05) is 0 Å². The molecule has 122 valence electrons. The molecule has 1 amide bonds. The zero-order chi connectivity index (χ0) is 17.2. The van der Waals surface area contributed by atoms with Gasteiger partial charge in [0.05, 0.1) is 0 Å². The molecule has 0 radical (unpaired) electrons. The third-order valence-corrected chi connectivity index (χ3v) is 3.07. The van der Waals surface area contributed by atoms with E-state index in [9.17, 15) is 19.5 Å². The molecule has 0 bridgehead atoms. The van der Waals surface area contributed by atoms with E-state index in [4.69, 9.17) is 10.6 Å². The van der Waals surface area contributed by atoms with E-state index in [0.717, 1.165) is 5.56 Å². The van der Waals surface area contributed by atoms with Crippen LogP contribution in [-0.2, 0) is 20.8 Å². The van der Waals surface area contributed by atoms with E-state index in [1.165, 1.54) is 0 Å². The Balaban J connectivity index is 2.57. The zero-order valence-corrected chi connectivity index (χ0v) is 12.3. The van der Waals surface area contributed by atoms with Gasteiger partial charge in [-0.25, -0.2) is 4.79 Å². The number of carboxylic acid groups (broad SMARTS) is 1. The van der Waals surface area contributed by atoms with Gasteiger partial charge in [0.2, 0.25) is 11.7 Å². The van der Waals surface area contributed by atoms with Crippen molar-refractivity contribution in [3.63, 3.8) is 0 Å². The van der Waals surface area contributed by atoms with E-state index >= 15 is 0 Å². The summed E-state index contributed by atoms with van der Waals surface area (Å²) in [6.45, 7) is 0. The van der Waals surface area contributed by atoms with Gasteiger partial charge in [-0.05, 0) is 12.0 Å². The molecule has 1 rings (SSSR count). The summed E-state index contributed by atoms with van der Waals surface area (Å²) in [5.74, 6) is -2.72. The van der Waals surface area contributed by atoms with Gasteiger partial charge in [-0.15, -0.1) is 0 Å². The fraction of sp³-hybridized carbons (Fsp3) is 0.333. The number of nitrogens with zero attached hydrogens (tertiary/aromatic N) is 2. The number of aliphatic hydroxyl groups is 1. The zero-order valence-electron chi connectivity index (χ0n) is 12.3. The Morgan fingerprint density at radius 3 is 2.48 bits per heavy atom. The van der Waals surface area contributed by atoms with Crippen molar-refractivity contribution in [2.24, 2.45) is 0 Å². The third kappa shape index (κ3) is 6.64. The number of nitrogens with one attached hydrogen (secondary N) is 1. The van der Waals surface area contributed by atoms with Crippen LogP contribution >= 0.6 is 0 Å². The van der Waals surface area contributed by atoms with E-state index in [-0.39, 0.29) is 19.3 Å². The highest BCUT2D eigenvalue weighted by molar-refractivity contribution is 6.25. The molecule has 0 saturated heterocycles. The second-order valence-electron chi connectivity index (χ2n) is 4.85. The SMILES string of the molecule is [N-]=[N+]=CC(=O)CCC(NC(=O)C(O)Cc1ccccc1)C(=O)O. The molecule has 1 aromatic rings. The van der Waals surface area contributed by atoms with E-state index in [2.05, 4.69) is 10.1 Å². The Labute approximate surface area is 132 Å². The van der Waals surface area contributed by atoms with Gasteiger partial charge in [0.15, 0.2) is 0 Å². The first-order valence-corrected chi connectivity index (χ1v) is 6.89. The van der Waals surface area contributed by atoms with Crippen molar-refractivity contribution >= 4 is 23.9 Å². The summed E-state index contributed by atoms with van der Waals surface area (Å²) < 4.78 is 0. The van der Waals surface area contributed by atoms with Gasteiger partial charge in [0.25, 0.3) is 0 Å². The molecule has 0 aromatic heterocycles. The molecule has 0 heterocycles. The maximum atomic E-state index is 11.9. The maximum absolute atomic E-state index is 11.9. The van der Waals surface area contributed by atoms with Gasteiger partial charge in [-0.3, -0.25) is 9.59 Å². The van der Waals surface area contributed by atoms with Crippen LogP contribution in [-0.4, -0.2) is 51.0 Å². The molecule has 0 spiro atoms. The normalized spacial score (nSPS) is 12.6. The average Bonchev–Trinajstić information content (AvgIpc) is 2.52. The molecule has 0 aliphatic carbocycles. The minimum absolute atomic E-state index is 0.0507. The van der Waals surface area contributed by atoms with Crippen LogP contribution in [0.3, 0.4) is 0 Å². The largest absolute Gasteiger partial charge is 0.480 e. The van der Waals surface area contributed by atoms with Crippen LogP contribution < -0.4 is 5.32 Å². The van der Waals surface area contributed by atoms with Crippen molar-refractivity contribution in [3.05, 3.63) is 41.4 Å². The van der Waals surface area contributed by atoms with Crippen LogP contribution in [0.1, 0.15) is 18.4 Å². The third-order valence-electron chi connectivity index (χ3n) is 3.07. The number of hydrogen-bond donors (Lipinski definition) is 3. The van der Waals surface area contributed by atoms with Crippen molar-refractivity contribution < 1.29 is 29.4 Å². The molecule has 0 aliphatic rings. The lowest BCUT2D eigenvalue weighted by Crippen LogP contribution is -2.46. The Morgan fingerprint density at radius 2 is 1.91 bits per heavy atom. The molecule has 0 fully saturated rings. The lowest BCUT2D eigenvalue weighted by Gasteiger charge is -2.16. The van der Waals surface area contributed by atoms with Crippen molar-refractivity contribution in [1.29, 1.82) is 0 Å². The van der Waals surface area contributed by atoms with Crippen LogP contribution in [0.15, 0.2) is 30.3 Å². The first-order chi connectivity index (χ1) is 10.9. The first kappa shape index (κ1) is 18.2. The fourth-order valence-electron chi connectivity index (χ4n) is 1.87.